The summed E-state index contributed by atoms with van der Waals surface area (Å²) in [5, 5.41) is 0. The van der Waals surface area contributed by atoms with E-state index in [2.05, 4.69) is 9.72 Å². The van der Waals surface area contributed by atoms with Gasteiger partial charge >= 0.3 is 6.18 Å². The lowest BCUT2D eigenvalue weighted by Crippen LogP contribution is -2.20. The molecule has 14 heavy (non-hydrogen) atoms. The van der Waals surface area contributed by atoms with Crippen molar-refractivity contribution in [2.24, 2.45) is 0 Å². The zero-order chi connectivity index (χ0) is 10.8. The summed E-state index contributed by atoms with van der Waals surface area (Å²) in [6.07, 6.45) is -4.32. The highest BCUT2D eigenvalue weighted by atomic mass is 19.4. The smallest absolute Gasteiger partial charge is 0.422 e. The first-order chi connectivity index (χ1) is 6.38. The molecule has 0 aliphatic carbocycles. The van der Waals surface area contributed by atoms with Crippen molar-refractivity contribution in [2.45, 2.75) is 20.0 Å². The number of nitrogens with zero attached hydrogens (tertiary/aromatic N) is 1. The third-order valence-corrected chi connectivity index (χ3v) is 1.56. The Kier molecular flexibility index (Phi) is 2.98. The number of halogens is 3. The molecule has 0 unspecified atom stereocenters. The molecular formula is C9H10F3NO. The van der Waals surface area contributed by atoms with Crippen molar-refractivity contribution < 1.29 is 17.9 Å². The van der Waals surface area contributed by atoms with Gasteiger partial charge in [-0.1, -0.05) is 6.07 Å². The average Bonchev–Trinajstić information content (AvgIpc) is 2.05. The van der Waals surface area contributed by atoms with Crippen molar-refractivity contribution in [3.8, 4) is 5.88 Å². The highest BCUT2D eigenvalue weighted by Gasteiger charge is 2.28. The zero-order valence-electron chi connectivity index (χ0n) is 7.85. The fourth-order valence-electron chi connectivity index (χ4n) is 0.899. The van der Waals surface area contributed by atoms with Gasteiger partial charge in [0.25, 0.3) is 0 Å². The first kappa shape index (κ1) is 10.8. The molecule has 1 aromatic heterocycles. The number of hydrogen-bond acceptors (Lipinski definition) is 2. The normalized spacial score (nSPS) is 11.5. The van der Waals surface area contributed by atoms with Crippen LogP contribution in [0, 0.1) is 13.8 Å². The van der Waals surface area contributed by atoms with E-state index in [1.165, 1.54) is 0 Å². The molecule has 0 fully saturated rings. The maximum Gasteiger partial charge on any atom is 0.422 e. The molecule has 1 rings (SSSR count). The molecule has 0 aliphatic heterocycles. The van der Waals surface area contributed by atoms with Crippen LogP contribution in [0.2, 0.25) is 0 Å². The number of rotatable bonds is 2. The molecule has 1 aromatic rings. The molecule has 0 saturated carbocycles. The molecule has 0 aliphatic rings. The summed E-state index contributed by atoms with van der Waals surface area (Å²) < 4.78 is 40.0. The molecule has 0 bridgehead atoms. The Balaban J connectivity index is 2.72. The minimum absolute atomic E-state index is 0.0438. The Hall–Kier alpha value is -1.26. The SMILES string of the molecule is Cc1ccc(C)c(OCC(F)(F)F)n1. The summed E-state index contributed by atoms with van der Waals surface area (Å²) in [5.41, 5.74) is 1.23. The average molecular weight is 205 g/mol. The topological polar surface area (TPSA) is 22.1 Å². The molecule has 0 radical (unpaired) electrons. The fourth-order valence-corrected chi connectivity index (χ4v) is 0.899. The number of pyridine rings is 1. The van der Waals surface area contributed by atoms with Crippen LogP contribution in [0.1, 0.15) is 11.3 Å². The third kappa shape index (κ3) is 3.24. The quantitative estimate of drug-likeness (QED) is 0.740. The summed E-state index contributed by atoms with van der Waals surface area (Å²) in [5.74, 6) is 0.0438. The lowest BCUT2D eigenvalue weighted by atomic mass is 10.3. The Morgan fingerprint density at radius 3 is 2.50 bits per heavy atom. The van der Waals surface area contributed by atoms with Gasteiger partial charge in [0, 0.05) is 11.3 Å². The lowest BCUT2D eigenvalue weighted by molar-refractivity contribution is -0.154. The van der Waals surface area contributed by atoms with E-state index >= 15 is 0 Å². The van der Waals surface area contributed by atoms with Crippen LogP contribution in [0.15, 0.2) is 12.1 Å². The van der Waals surface area contributed by atoms with E-state index in [-0.39, 0.29) is 5.88 Å². The number of alkyl halides is 3. The summed E-state index contributed by atoms with van der Waals surface area (Å²) in [6.45, 7) is 2.04. The van der Waals surface area contributed by atoms with E-state index in [9.17, 15) is 13.2 Å². The monoisotopic (exact) mass is 205 g/mol. The van der Waals surface area contributed by atoms with Gasteiger partial charge in [-0.2, -0.15) is 13.2 Å². The van der Waals surface area contributed by atoms with Crippen LogP contribution >= 0.6 is 0 Å². The Bertz CT molecular complexity index is 322. The first-order valence-corrected chi connectivity index (χ1v) is 4.02. The third-order valence-electron chi connectivity index (χ3n) is 1.56. The van der Waals surface area contributed by atoms with E-state index < -0.39 is 12.8 Å². The molecule has 1 heterocycles. The molecule has 5 heteroatoms. The number of hydrogen-bond donors (Lipinski definition) is 0. The number of ether oxygens (including phenoxy) is 1. The predicted octanol–water partition coefficient (Wildman–Crippen LogP) is 2.64. The van der Waals surface area contributed by atoms with Crippen molar-refractivity contribution in [1.29, 1.82) is 0 Å². The molecule has 0 saturated heterocycles. The van der Waals surface area contributed by atoms with E-state index in [1.807, 2.05) is 0 Å². The predicted molar refractivity (Wildman–Crippen MR) is 45.3 cm³/mol. The minimum atomic E-state index is -4.32. The summed E-state index contributed by atoms with van der Waals surface area (Å²) in [4.78, 5) is 3.85. The van der Waals surface area contributed by atoms with Gasteiger partial charge in [0.2, 0.25) is 5.88 Å². The van der Waals surface area contributed by atoms with Gasteiger partial charge in [-0.3, -0.25) is 0 Å². The van der Waals surface area contributed by atoms with Gasteiger partial charge < -0.3 is 4.74 Å². The van der Waals surface area contributed by atoms with Gasteiger partial charge in [-0.15, -0.1) is 0 Å². The van der Waals surface area contributed by atoms with Crippen molar-refractivity contribution in [1.82, 2.24) is 4.98 Å². The van der Waals surface area contributed by atoms with Crippen LogP contribution in [0.4, 0.5) is 13.2 Å². The Labute approximate surface area is 79.7 Å². The first-order valence-electron chi connectivity index (χ1n) is 4.02. The van der Waals surface area contributed by atoms with Crippen LogP contribution in [0.25, 0.3) is 0 Å². The number of aromatic nitrogens is 1. The van der Waals surface area contributed by atoms with Crippen LogP contribution in [-0.4, -0.2) is 17.8 Å². The standard InChI is InChI=1S/C9H10F3NO/c1-6-3-4-7(2)13-8(6)14-5-9(10,11)12/h3-4H,5H2,1-2H3. The van der Waals surface area contributed by atoms with Crippen LogP contribution < -0.4 is 4.74 Å². The van der Waals surface area contributed by atoms with Crippen molar-refractivity contribution >= 4 is 0 Å². The molecule has 0 N–H and O–H groups in total. The summed E-state index contributed by atoms with van der Waals surface area (Å²) in [6, 6.07) is 3.39. The molecule has 0 amide bonds. The van der Waals surface area contributed by atoms with E-state index in [0.717, 1.165) is 0 Å². The van der Waals surface area contributed by atoms with Crippen LogP contribution in [-0.2, 0) is 0 Å². The highest BCUT2D eigenvalue weighted by molar-refractivity contribution is 5.26. The second-order valence-electron chi connectivity index (χ2n) is 2.98. The fraction of sp³-hybridized carbons (Fsp3) is 0.444. The van der Waals surface area contributed by atoms with Gasteiger partial charge in [-0.05, 0) is 19.9 Å². The number of aryl methyl sites for hydroxylation is 2. The second kappa shape index (κ2) is 3.86. The minimum Gasteiger partial charge on any atom is -0.468 e. The van der Waals surface area contributed by atoms with Crippen LogP contribution in [0.3, 0.4) is 0 Å². The molecule has 0 atom stereocenters. The van der Waals surface area contributed by atoms with Crippen LogP contribution in [0.5, 0.6) is 5.88 Å². The van der Waals surface area contributed by atoms with Gasteiger partial charge in [0.15, 0.2) is 6.61 Å². The lowest BCUT2D eigenvalue weighted by Gasteiger charge is -2.10. The van der Waals surface area contributed by atoms with Gasteiger partial charge in [-0.25, -0.2) is 4.98 Å². The largest absolute Gasteiger partial charge is 0.468 e. The summed E-state index contributed by atoms with van der Waals surface area (Å²) >= 11 is 0. The van der Waals surface area contributed by atoms with Gasteiger partial charge in [0.1, 0.15) is 0 Å². The molecular weight excluding hydrogens is 195 g/mol. The molecule has 78 valence electrons. The van der Waals surface area contributed by atoms with Gasteiger partial charge in [0.05, 0.1) is 0 Å². The molecule has 0 spiro atoms. The maximum absolute atomic E-state index is 11.8. The summed E-state index contributed by atoms with van der Waals surface area (Å²) in [7, 11) is 0. The van der Waals surface area contributed by atoms with Crippen molar-refractivity contribution in [3.05, 3.63) is 23.4 Å². The zero-order valence-corrected chi connectivity index (χ0v) is 7.85. The molecule has 2 nitrogen and oxygen atoms in total. The Morgan fingerprint density at radius 2 is 1.93 bits per heavy atom. The van der Waals surface area contributed by atoms with E-state index in [4.69, 9.17) is 0 Å². The second-order valence-corrected chi connectivity index (χ2v) is 2.98. The molecule has 0 aromatic carbocycles. The van der Waals surface area contributed by atoms with Crippen molar-refractivity contribution in [3.63, 3.8) is 0 Å². The Morgan fingerprint density at radius 1 is 1.29 bits per heavy atom. The van der Waals surface area contributed by atoms with Crippen molar-refractivity contribution in [2.75, 3.05) is 6.61 Å². The highest BCUT2D eigenvalue weighted by Crippen LogP contribution is 2.19. The maximum atomic E-state index is 11.8. The van der Waals surface area contributed by atoms with E-state index in [1.54, 1.807) is 26.0 Å². The van der Waals surface area contributed by atoms with E-state index in [0.29, 0.717) is 11.3 Å².